The monoisotopic (exact) mass is 385 g/mol. The van der Waals surface area contributed by atoms with Crippen LogP contribution in [-0.2, 0) is 0 Å². The molecule has 1 saturated heterocycles. The van der Waals surface area contributed by atoms with Gasteiger partial charge in [-0.1, -0.05) is 37.3 Å². The summed E-state index contributed by atoms with van der Waals surface area (Å²) in [6.45, 7) is 3.43. The van der Waals surface area contributed by atoms with Gasteiger partial charge in [-0.3, -0.25) is 4.79 Å². The summed E-state index contributed by atoms with van der Waals surface area (Å²) in [4.78, 5) is 19.5. The molecule has 0 spiro atoms. The van der Waals surface area contributed by atoms with Crippen LogP contribution < -0.4 is 5.73 Å². The number of rotatable bonds is 3. The Balaban J connectivity index is 0.00000210. The van der Waals surface area contributed by atoms with E-state index in [1.54, 1.807) is 16.9 Å². The molecule has 4 rings (SSSR count). The summed E-state index contributed by atoms with van der Waals surface area (Å²) in [5.74, 6) is 0.569. The van der Waals surface area contributed by atoms with Gasteiger partial charge >= 0.3 is 0 Å². The molecule has 1 fully saturated rings. The molecular formula is C20H24ClN5O. The molecule has 2 N–H and O–H groups in total. The van der Waals surface area contributed by atoms with Crippen molar-refractivity contribution in [2.75, 3.05) is 13.1 Å². The van der Waals surface area contributed by atoms with Gasteiger partial charge in [-0.25, -0.2) is 9.50 Å². The van der Waals surface area contributed by atoms with E-state index in [9.17, 15) is 4.79 Å². The number of fused-ring (bicyclic) bond motifs is 1. The Morgan fingerprint density at radius 1 is 1.26 bits per heavy atom. The van der Waals surface area contributed by atoms with Gasteiger partial charge in [0.25, 0.3) is 5.91 Å². The summed E-state index contributed by atoms with van der Waals surface area (Å²) in [7, 11) is 0. The lowest BCUT2D eigenvalue weighted by Crippen LogP contribution is -2.49. The van der Waals surface area contributed by atoms with Crippen molar-refractivity contribution in [3.63, 3.8) is 0 Å². The standard InChI is InChI=1S/C20H23N5O.ClH/c1-14-8-10-24(16(11-14)12-21)20(26)17-13-23-25-18(7-9-22-19(17)25)15-5-3-2-4-6-15;/h2-7,9,13-14,16H,8,10-12,21H2,1H3;1H. The number of likely N-dealkylation sites (tertiary alicyclic amines) is 1. The maximum atomic E-state index is 13.2. The topological polar surface area (TPSA) is 76.5 Å². The van der Waals surface area contributed by atoms with E-state index in [-0.39, 0.29) is 24.4 Å². The fourth-order valence-electron chi connectivity index (χ4n) is 3.77. The van der Waals surface area contributed by atoms with E-state index < -0.39 is 0 Å². The van der Waals surface area contributed by atoms with Gasteiger partial charge in [0.1, 0.15) is 5.56 Å². The molecule has 27 heavy (non-hydrogen) atoms. The first-order chi connectivity index (χ1) is 12.7. The molecule has 0 saturated carbocycles. The smallest absolute Gasteiger partial charge is 0.259 e. The van der Waals surface area contributed by atoms with Crippen LogP contribution in [0.15, 0.2) is 48.8 Å². The Bertz CT molecular complexity index is 927. The normalized spacial score (nSPS) is 19.7. The van der Waals surface area contributed by atoms with Gasteiger partial charge in [-0.2, -0.15) is 5.10 Å². The van der Waals surface area contributed by atoms with Crippen LogP contribution in [0.5, 0.6) is 0 Å². The lowest BCUT2D eigenvalue weighted by molar-refractivity contribution is 0.0575. The van der Waals surface area contributed by atoms with Crippen LogP contribution in [0.4, 0.5) is 0 Å². The van der Waals surface area contributed by atoms with Gasteiger partial charge in [-0.05, 0) is 24.8 Å². The van der Waals surface area contributed by atoms with Gasteiger partial charge in [0.2, 0.25) is 0 Å². The zero-order valence-corrected chi connectivity index (χ0v) is 16.1. The minimum atomic E-state index is -0.0277. The van der Waals surface area contributed by atoms with Gasteiger partial charge in [0, 0.05) is 30.9 Å². The highest BCUT2D eigenvalue weighted by molar-refractivity contribution is 6.00. The molecular weight excluding hydrogens is 362 g/mol. The van der Waals surface area contributed by atoms with E-state index in [2.05, 4.69) is 17.0 Å². The van der Waals surface area contributed by atoms with E-state index in [0.29, 0.717) is 23.7 Å². The van der Waals surface area contributed by atoms with Crippen molar-refractivity contribution in [3.05, 3.63) is 54.4 Å². The molecule has 1 aliphatic heterocycles. The fraction of sp³-hybridized carbons (Fsp3) is 0.350. The third kappa shape index (κ3) is 3.55. The van der Waals surface area contributed by atoms with Crippen molar-refractivity contribution in [2.45, 2.75) is 25.8 Å². The van der Waals surface area contributed by atoms with Gasteiger partial charge in [0.05, 0.1) is 11.9 Å². The largest absolute Gasteiger partial charge is 0.334 e. The summed E-state index contributed by atoms with van der Waals surface area (Å²) < 4.78 is 1.74. The molecule has 0 bridgehead atoms. The number of hydrogen-bond donors (Lipinski definition) is 1. The highest BCUT2D eigenvalue weighted by Crippen LogP contribution is 2.26. The van der Waals surface area contributed by atoms with Crippen LogP contribution >= 0.6 is 12.4 Å². The van der Waals surface area contributed by atoms with Crippen molar-refractivity contribution in [2.24, 2.45) is 11.7 Å². The number of nitrogens with zero attached hydrogens (tertiary/aromatic N) is 4. The van der Waals surface area contributed by atoms with Gasteiger partial charge < -0.3 is 10.6 Å². The van der Waals surface area contributed by atoms with Crippen molar-refractivity contribution < 1.29 is 4.79 Å². The molecule has 142 valence electrons. The fourth-order valence-corrected chi connectivity index (χ4v) is 3.77. The lowest BCUT2D eigenvalue weighted by Gasteiger charge is -2.37. The third-order valence-corrected chi connectivity index (χ3v) is 5.21. The molecule has 6 nitrogen and oxygen atoms in total. The predicted octanol–water partition coefficient (Wildman–Crippen LogP) is 3.02. The first kappa shape index (κ1) is 19.3. The summed E-state index contributed by atoms with van der Waals surface area (Å²) in [5.41, 5.74) is 9.01. The van der Waals surface area contributed by atoms with Gasteiger partial charge in [-0.15, -0.1) is 12.4 Å². The Morgan fingerprint density at radius 2 is 2.04 bits per heavy atom. The zero-order chi connectivity index (χ0) is 18.1. The number of halogens is 1. The lowest BCUT2D eigenvalue weighted by atomic mass is 9.92. The van der Waals surface area contributed by atoms with Crippen molar-refractivity contribution >= 4 is 24.0 Å². The SMILES string of the molecule is CC1CCN(C(=O)c2cnn3c(-c4ccccc4)ccnc23)C(CN)C1.Cl. The molecule has 2 unspecified atom stereocenters. The van der Waals surface area contributed by atoms with E-state index >= 15 is 0 Å². The molecule has 3 aromatic rings. The number of carbonyl (C=O) groups excluding carboxylic acids is 1. The van der Waals surface area contributed by atoms with Crippen LogP contribution in [0.1, 0.15) is 30.1 Å². The van der Waals surface area contributed by atoms with Crippen LogP contribution in [0.2, 0.25) is 0 Å². The Labute approximate surface area is 164 Å². The number of piperidine rings is 1. The summed E-state index contributed by atoms with van der Waals surface area (Å²) in [6, 6.07) is 12.0. The van der Waals surface area contributed by atoms with Crippen LogP contribution in [0.3, 0.4) is 0 Å². The van der Waals surface area contributed by atoms with Gasteiger partial charge in [0.15, 0.2) is 5.65 Å². The first-order valence-corrected chi connectivity index (χ1v) is 9.08. The second-order valence-corrected chi connectivity index (χ2v) is 7.01. The quantitative estimate of drug-likeness (QED) is 0.751. The Morgan fingerprint density at radius 3 is 2.78 bits per heavy atom. The van der Waals surface area contributed by atoms with Crippen molar-refractivity contribution in [3.8, 4) is 11.3 Å². The molecule has 7 heteroatoms. The zero-order valence-electron chi connectivity index (χ0n) is 15.3. The minimum absolute atomic E-state index is 0. The average molecular weight is 386 g/mol. The molecule has 1 aliphatic rings. The van der Waals surface area contributed by atoms with Crippen LogP contribution in [-0.4, -0.2) is 44.5 Å². The number of aromatic nitrogens is 3. The van der Waals surface area contributed by atoms with Crippen LogP contribution in [0, 0.1) is 5.92 Å². The molecule has 0 aliphatic carbocycles. The number of benzene rings is 1. The maximum Gasteiger partial charge on any atom is 0.259 e. The molecule has 0 radical (unpaired) electrons. The summed E-state index contributed by atoms with van der Waals surface area (Å²) in [6.07, 6.45) is 5.31. The molecule has 1 amide bonds. The number of nitrogens with two attached hydrogens (primary N) is 1. The molecule has 2 atom stereocenters. The summed E-state index contributed by atoms with van der Waals surface area (Å²) in [5, 5.41) is 4.45. The Kier molecular flexibility index (Phi) is 5.77. The second-order valence-electron chi connectivity index (χ2n) is 7.01. The number of amides is 1. The van der Waals surface area contributed by atoms with Crippen molar-refractivity contribution in [1.82, 2.24) is 19.5 Å². The predicted molar refractivity (Wildman–Crippen MR) is 108 cm³/mol. The maximum absolute atomic E-state index is 13.2. The summed E-state index contributed by atoms with van der Waals surface area (Å²) >= 11 is 0. The van der Waals surface area contributed by atoms with Crippen LogP contribution in [0.25, 0.3) is 16.9 Å². The average Bonchev–Trinajstić information content (AvgIpc) is 3.12. The molecule has 2 aromatic heterocycles. The molecule has 3 heterocycles. The van der Waals surface area contributed by atoms with E-state index in [1.165, 1.54) is 0 Å². The molecule has 1 aromatic carbocycles. The Hall–Kier alpha value is -2.44. The highest BCUT2D eigenvalue weighted by atomic mass is 35.5. The van der Waals surface area contributed by atoms with Crippen molar-refractivity contribution in [1.29, 1.82) is 0 Å². The second kappa shape index (κ2) is 8.06. The first-order valence-electron chi connectivity index (χ1n) is 9.08. The van der Waals surface area contributed by atoms with E-state index in [4.69, 9.17) is 5.73 Å². The van der Waals surface area contributed by atoms with E-state index in [0.717, 1.165) is 30.6 Å². The number of hydrogen-bond acceptors (Lipinski definition) is 4. The highest BCUT2D eigenvalue weighted by Gasteiger charge is 2.31. The van der Waals surface area contributed by atoms with E-state index in [1.807, 2.05) is 41.3 Å². The number of carbonyl (C=O) groups is 1. The minimum Gasteiger partial charge on any atom is -0.334 e. The third-order valence-electron chi connectivity index (χ3n) is 5.21.